The number of aromatic carboxylic acids is 1. The van der Waals surface area contributed by atoms with Crippen LogP contribution in [0.25, 0.3) is 0 Å². The molecule has 11 heavy (non-hydrogen) atoms. The van der Waals surface area contributed by atoms with Gasteiger partial charge in [-0.2, -0.15) is 5.10 Å². The summed E-state index contributed by atoms with van der Waals surface area (Å²) in [6.45, 7) is 1.45. The van der Waals surface area contributed by atoms with Crippen molar-refractivity contribution in [3.8, 4) is 0 Å². The molecule has 0 amide bonds. The van der Waals surface area contributed by atoms with E-state index in [0.29, 0.717) is 0 Å². The Morgan fingerprint density at radius 1 is 1.73 bits per heavy atom. The molecular weight excluding hydrogens is 148 g/mol. The average Bonchev–Trinajstić information content (AvgIpc) is 1.94. The fourth-order valence-electron chi connectivity index (χ4n) is 0.664. The average molecular weight is 154 g/mol. The molecule has 0 radical (unpaired) electrons. The maximum Gasteiger partial charge on any atom is 0.341 e. The summed E-state index contributed by atoms with van der Waals surface area (Å²) in [4.78, 5) is 21.3. The molecule has 1 aromatic heterocycles. The summed E-state index contributed by atoms with van der Waals surface area (Å²) in [5, 5.41) is 14.3. The first-order valence-electron chi connectivity index (χ1n) is 2.91. The Morgan fingerprint density at radius 2 is 2.36 bits per heavy atom. The van der Waals surface area contributed by atoms with Crippen molar-refractivity contribution in [1.82, 2.24) is 10.2 Å². The van der Waals surface area contributed by atoms with Gasteiger partial charge in [0, 0.05) is 6.20 Å². The summed E-state index contributed by atoms with van der Waals surface area (Å²) in [5.74, 6) is -1.24. The lowest BCUT2D eigenvalue weighted by molar-refractivity contribution is 0.0694. The number of hydrogen-bond acceptors (Lipinski definition) is 3. The van der Waals surface area contributed by atoms with E-state index in [0.717, 1.165) is 6.20 Å². The van der Waals surface area contributed by atoms with Crippen LogP contribution in [0.15, 0.2) is 11.0 Å². The lowest BCUT2D eigenvalue weighted by Gasteiger charge is -1.92. The fraction of sp³-hybridized carbons (Fsp3) is 0.167. The summed E-state index contributed by atoms with van der Waals surface area (Å²) in [5.41, 5.74) is -0.668. The summed E-state index contributed by atoms with van der Waals surface area (Å²) >= 11 is 0. The Bertz CT molecular complexity index is 342. The molecule has 0 aromatic carbocycles. The topological polar surface area (TPSA) is 83.1 Å². The third-order valence-corrected chi connectivity index (χ3v) is 1.24. The van der Waals surface area contributed by atoms with Gasteiger partial charge in [-0.3, -0.25) is 9.89 Å². The molecule has 0 unspecified atom stereocenters. The van der Waals surface area contributed by atoms with Gasteiger partial charge in [0.15, 0.2) is 0 Å². The summed E-state index contributed by atoms with van der Waals surface area (Å²) in [6, 6.07) is 0. The lowest BCUT2D eigenvalue weighted by atomic mass is 10.2. The highest BCUT2D eigenvalue weighted by Gasteiger charge is 2.09. The molecule has 0 atom stereocenters. The van der Waals surface area contributed by atoms with E-state index in [1.807, 2.05) is 0 Å². The summed E-state index contributed by atoms with van der Waals surface area (Å²) in [6.07, 6.45) is 1.07. The highest BCUT2D eigenvalue weighted by molar-refractivity contribution is 5.87. The van der Waals surface area contributed by atoms with Crippen LogP contribution in [0.5, 0.6) is 0 Å². The molecule has 1 heterocycles. The highest BCUT2D eigenvalue weighted by Crippen LogP contribution is 1.87. The Labute approximate surface area is 61.7 Å². The van der Waals surface area contributed by atoms with Crippen molar-refractivity contribution in [3.63, 3.8) is 0 Å². The molecule has 0 aliphatic heterocycles. The van der Waals surface area contributed by atoms with Crippen LogP contribution in [-0.2, 0) is 0 Å². The molecule has 0 saturated carbocycles. The number of nitrogens with zero attached hydrogens (tertiary/aromatic N) is 1. The normalized spacial score (nSPS) is 9.55. The third kappa shape index (κ3) is 1.26. The van der Waals surface area contributed by atoms with Gasteiger partial charge in [-0.1, -0.05) is 0 Å². The van der Waals surface area contributed by atoms with E-state index in [-0.39, 0.29) is 11.3 Å². The van der Waals surface area contributed by atoms with Crippen molar-refractivity contribution in [2.24, 2.45) is 0 Å². The minimum atomic E-state index is -1.24. The first-order valence-corrected chi connectivity index (χ1v) is 2.91. The van der Waals surface area contributed by atoms with Gasteiger partial charge in [-0.15, -0.1) is 0 Å². The quantitative estimate of drug-likeness (QED) is 0.585. The Morgan fingerprint density at radius 3 is 2.82 bits per heavy atom. The van der Waals surface area contributed by atoms with Crippen molar-refractivity contribution in [1.29, 1.82) is 0 Å². The molecule has 5 heteroatoms. The molecular formula is C6H6N2O3. The molecule has 2 N–H and O–H groups in total. The van der Waals surface area contributed by atoms with Gasteiger partial charge in [0.25, 0.3) is 0 Å². The van der Waals surface area contributed by atoms with E-state index in [1.165, 1.54) is 6.92 Å². The minimum absolute atomic E-state index is 0.157. The molecule has 5 nitrogen and oxygen atoms in total. The zero-order chi connectivity index (χ0) is 8.43. The summed E-state index contributed by atoms with van der Waals surface area (Å²) < 4.78 is 0. The molecule has 0 fully saturated rings. The van der Waals surface area contributed by atoms with Crippen molar-refractivity contribution in [2.45, 2.75) is 6.92 Å². The smallest absolute Gasteiger partial charge is 0.341 e. The van der Waals surface area contributed by atoms with Gasteiger partial charge >= 0.3 is 5.97 Å². The second-order valence-electron chi connectivity index (χ2n) is 2.02. The van der Waals surface area contributed by atoms with E-state index in [1.54, 1.807) is 0 Å². The zero-order valence-corrected chi connectivity index (χ0v) is 5.79. The molecule has 0 aliphatic carbocycles. The van der Waals surface area contributed by atoms with E-state index in [9.17, 15) is 9.59 Å². The maximum atomic E-state index is 10.9. The number of carboxylic acids is 1. The van der Waals surface area contributed by atoms with Crippen LogP contribution in [0.1, 0.15) is 16.1 Å². The largest absolute Gasteiger partial charge is 0.477 e. The van der Waals surface area contributed by atoms with E-state index in [2.05, 4.69) is 10.2 Å². The monoisotopic (exact) mass is 154 g/mol. The summed E-state index contributed by atoms with van der Waals surface area (Å²) in [7, 11) is 0. The molecule has 0 bridgehead atoms. The number of rotatable bonds is 1. The molecule has 58 valence electrons. The maximum absolute atomic E-state index is 10.9. The number of carbonyl (C=O) groups is 1. The van der Waals surface area contributed by atoms with Crippen molar-refractivity contribution < 1.29 is 9.90 Å². The zero-order valence-electron chi connectivity index (χ0n) is 5.79. The fourth-order valence-corrected chi connectivity index (χ4v) is 0.664. The first-order chi connectivity index (χ1) is 5.13. The van der Waals surface area contributed by atoms with Gasteiger partial charge in [0.2, 0.25) is 5.43 Å². The van der Waals surface area contributed by atoms with Crippen LogP contribution in [-0.4, -0.2) is 21.3 Å². The van der Waals surface area contributed by atoms with Crippen molar-refractivity contribution in [2.75, 3.05) is 0 Å². The second kappa shape index (κ2) is 2.53. The van der Waals surface area contributed by atoms with Crippen LogP contribution < -0.4 is 5.43 Å². The predicted octanol–water partition coefficient (Wildman–Crippen LogP) is -0.223. The number of aromatic nitrogens is 2. The van der Waals surface area contributed by atoms with Crippen LogP contribution in [0.4, 0.5) is 0 Å². The number of hydrogen-bond donors (Lipinski definition) is 2. The minimum Gasteiger partial charge on any atom is -0.477 e. The predicted molar refractivity (Wildman–Crippen MR) is 36.6 cm³/mol. The molecule has 0 saturated heterocycles. The van der Waals surface area contributed by atoms with Crippen molar-refractivity contribution in [3.05, 3.63) is 27.7 Å². The number of nitrogens with one attached hydrogen (secondary N) is 1. The molecule has 0 aliphatic rings. The Balaban J connectivity index is 3.40. The van der Waals surface area contributed by atoms with Crippen LogP contribution >= 0.6 is 0 Å². The Kier molecular flexibility index (Phi) is 1.72. The van der Waals surface area contributed by atoms with Gasteiger partial charge in [0.05, 0.1) is 0 Å². The van der Waals surface area contributed by atoms with Crippen LogP contribution in [0, 0.1) is 6.92 Å². The number of aromatic amines is 1. The number of carboxylic acid groups (broad SMARTS) is 1. The molecule has 1 aromatic rings. The highest BCUT2D eigenvalue weighted by atomic mass is 16.4. The van der Waals surface area contributed by atoms with Crippen LogP contribution in [0.3, 0.4) is 0 Å². The van der Waals surface area contributed by atoms with E-state index < -0.39 is 11.4 Å². The molecule has 0 spiro atoms. The SMILES string of the molecule is Cc1n[nH]cc(C(=O)O)c1=O. The lowest BCUT2D eigenvalue weighted by Crippen LogP contribution is -2.18. The number of H-pyrrole nitrogens is 1. The number of aryl methyl sites for hydroxylation is 1. The van der Waals surface area contributed by atoms with Gasteiger partial charge < -0.3 is 5.11 Å². The molecule has 1 rings (SSSR count). The van der Waals surface area contributed by atoms with Gasteiger partial charge in [-0.05, 0) is 6.92 Å². The van der Waals surface area contributed by atoms with Gasteiger partial charge in [-0.25, -0.2) is 4.79 Å². The Hall–Kier alpha value is -1.65. The first kappa shape index (κ1) is 7.46. The van der Waals surface area contributed by atoms with Crippen molar-refractivity contribution >= 4 is 5.97 Å². The van der Waals surface area contributed by atoms with Gasteiger partial charge in [0.1, 0.15) is 11.3 Å². The van der Waals surface area contributed by atoms with E-state index in [4.69, 9.17) is 5.11 Å². The standard InChI is InChI=1S/C6H6N2O3/c1-3-5(9)4(6(10)11)2-7-8-3/h2H,1H3,(H,7,9)(H,10,11). The second-order valence-corrected chi connectivity index (χ2v) is 2.02. The van der Waals surface area contributed by atoms with E-state index >= 15 is 0 Å². The van der Waals surface area contributed by atoms with Crippen LogP contribution in [0.2, 0.25) is 0 Å². The third-order valence-electron chi connectivity index (χ3n) is 1.24.